The first-order valence-corrected chi connectivity index (χ1v) is 4.91. The molecule has 0 saturated carbocycles. The lowest BCUT2D eigenvalue weighted by molar-refractivity contribution is -0.150. The van der Waals surface area contributed by atoms with Gasteiger partial charge < -0.3 is 9.84 Å². The molecule has 1 N–H and O–H groups in total. The Morgan fingerprint density at radius 2 is 1.93 bits per heavy atom. The van der Waals surface area contributed by atoms with Crippen LogP contribution in [0.2, 0.25) is 0 Å². The first-order valence-electron chi connectivity index (χ1n) is 4.47. The Morgan fingerprint density at radius 1 is 1.40 bits per heavy atom. The fourth-order valence-corrected chi connectivity index (χ4v) is 0.840. The minimum atomic E-state index is -1.53. The number of carbonyl (C=O) groups excluding carboxylic acids is 2. The lowest BCUT2D eigenvalue weighted by Crippen LogP contribution is -2.30. The highest BCUT2D eigenvalue weighted by Gasteiger charge is 2.27. The first-order chi connectivity index (χ1) is 6.88. The molecule has 15 heavy (non-hydrogen) atoms. The van der Waals surface area contributed by atoms with Crippen LogP contribution in [-0.4, -0.2) is 34.3 Å². The van der Waals surface area contributed by atoms with E-state index < -0.39 is 29.5 Å². The smallest absolute Gasteiger partial charge is 0.332 e. The Kier molecular flexibility index (Phi) is 5.93. The molecule has 0 heterocycles. The number of rotatable bonds is 6. The molecule has 0 aliphatic heterocycles. The van der Waals surface area contributed by atoms with Gasteiger partial charge in [-0.25, -0.2) is 4.79 Å². The van der Waals surface area contributed by atoms with E-state index in [1.807, 2.05) is 0 Å². The largest absolute Gasteiger partial charge is 0.481 e. The van der Waals surface area contributed by atoms with Crippen LogP contribution in [0.1, 0.15) is 26.7 Å². The molecule has 0 fully saturated rings. The van der Waals surface area contributed by atoms with Gasteiger partial charge >= 0.3 is 11.9 Å². The Labute approximate surface area is 92.4 Å². The van der Waals surface area contributed by atoms with Crippen molar-refractivity contribution in [2.24, 2.45) is 0 Å². The van der Waals surface area contributed by atoms with Crippen molar-refractivity contribution in [2.45, 2.75) is 38.2 Å². The predicted molar refractivity (Wildman–Crippen MR) is 52.7 cm³/mol. The van der Waals surface area contributed by atoms with Gasteiger partial charge in [0.05, 0.1) is 6.10 Å². The van der Waals surface area contributed by atoms with Crippen LogP contribution in [0, 0.1) is 0 Å². The number of carboxylic acids is 1. The van der Waals surface area contributed by atoms with E-state index in [1.54, 1.807) is 13.8 Å². The summed E-state index contributed by atoms with van der Waals surface area (Å²) >= 11 is 5.44. The van der Waals surface area contributed by atoms with Crippen LogP contribution >= 0.6 is 11.6 Å². The minimum absolute atomic E-state index is 0.337. The summed E-state index contributed by atoms with van der Waals surface area (Å²) in [7, 11) is 0. The molecule has 0 aliphatic rings. The van der Waals surface area contributed by atoms with Crippen molar-refractivity contribution in [2.75, 3.05) is 0 Å². The molecular formula is C9H13ClO5. The molecule has 0 bridgehead atoms. The topological polar surface area (TPSA) is 80.7 Å². The maximum absolute atomic E-state index is 11.2. The van der Waals surface area contributed by atoms with Gasteiger partial charge in [-0.1, -0.05) is 6.92 Å². The van der Waals surface area contributed by atoms with Crippen LogP contribution in [0.3, 0.4) is 0 Å². The second kappa shape index (κ2) is 6.40. The van der Waals surface area contributed by atoms with Gasteiger partial charge in [0.15, 0.2) is 11.2 Å². The van der Waals surface area contributed by atoms with Crippen molar-refractivity contribution in [3.8, 4) is 0 Å². The standard InChI is InChI=1S/C9H13ClO5/c1-3-5(2)15-9(14)8(10)6(11)4-7(12)13/h5,8H,3-4H2,1-2H3,(H,12,13). The molecule has 0 saturated heterocycles. The maximum atomic E-state index is 11.2. The van der Waals surface area contributed by atoms with Crippen molar-refractivity contribution >= 4 is 29.3 Å². The van der Waals surface area contributed by atoms with Gasteiger partial charge in [-0.2, -0.15) is 0 Å². The highest BCUT2D eigenvalue weighted by Crippen LogP contribution is 2.07. The molecule has 0 aromatic rings. The fourth-order valence-electron chi connectivity index (χ4n) is 0.711. The van der Waals surface area contributed by atoms with Gasteiger partial charge in [-0.3, -0.25) is 9.59 Å². The van der Waals surface area contributed by atoms with Gasteiger partial charge in [0.2, 0.25) is 0 Å². The van der Waals surface area contributed by atoms with E-state index in [-0.39, 0.29) is 6.10 Å². The summed E-state index contributed by atoms with van der Waals surface area (Å²) in [5.74, 6) is -3.07. The molecule has 0 aromatic heterocycles. The zero-order chi connectivity index (χ0) is 12.0. The number of carboxylic acid groups (broad SMARTS) is 1. The average molecular weight is 237 g/mol. The van der Waals surface area contributed by atoms with Gasteiger partial charge in [0.1, 0.15) is 6.42 Å². The van der Waals surface area contributed by atoms with Crippen molar-refractivity contribution in [3.63, 3.8) is 0 Å². The first kappa shape index (κ1) is 13.9. The van der Waals surface area contributed by atoms with E-state index >= 15 is 0 Å². The summed E-state index contributed by atoms with van der Waals surface area (Å²) in [6.45, 7) is 3.46. The number of hydrogen-bond donors (Lipinski definition) is 1. The second-order valence-electron chi connectivity index (χ2n) is 3.06. The molecule has 0 amide bonds. The molecule has 0 aromatic carbocycles. The molecule has 6 heteroatoms. The molecule has 0 spiro atoms. The normalized spacial score (nSPS) is 14.1. The van der Waals surface area contributed by atoms with Crippen molar-refractivity contribution < 1.29 is 24.2 Å². The van der Waals surface area contributed by atoms with E-state index in [9.17, 15) is 14.4 Å². The van der Waals surface area contributed by atoms with Gasteiger partial charge in [-0.05, 0) is 13.3 Å². The zero-order valence-corrected chi connectivity index (χ0v) is 9.28. The Morgan fingerprint density at radius 3 is 2.33 bits per heavy atom. The second-order valence-corrected chi connectivity index (χ2v) is 3.49. The van der Waals surface area contributed by atoms with Crippen LogP contribution in [0.25, 0.3) is 0 Å². The van der Waals surface area contributed by atoms with E-state index in [2.05, 4.69) is 0 Å². The van der Waals surface area contributed by atoms with E-state index in [0.717, 1.165) is 0 Å². The monoisotopic (exact) mass is 236 g/mol. The van der Waals surface area contributed by atoms with E-state index in [1.165, 1.54) is 0 Å². The zero-order valence-electron chi connectivity index (χ0n) is 8.53. The number of alkyl halides is 1. The molecule has 0 rings (SSSR count). The summed E-state index contributed by atoms with van der Waals surface area (Å²) in [6.07, 6.45) is -0.511. The number of ether oxygens (including phenoxy) is 1. The summed E-state index contributed by atoms with van der Waals surface area (Å²) < 4.78 is 4.78. The lowest BCUT2D eigenvalue weighted by atomic mass is 10.2. The highest BCUT2D eigenvalue weighted by atomic mass is 35.5. The Hall–Kier alpha value is -1.10. The van der Waals surface area contributed by atoms with E-state index in [0.29, 0.717) is 6.42 Å². The summed E-state index contributed by atoms with van der Waals surface area (Å²) in [5, 5.41) is 6.78. The van der Waals surface area contributed by atoms with Crippen LogP contribution in [-0.2, 0) is 19.1 Å². The molecule has 0 radical (unpaired) electrons. The summed E-state index contributed by atoms with van der Waals surface area (Å²) in [6, 6.07) is 0. The van der Waals surface area contributed by atoms with Gasteiger partial charge in [0.25, 0.3) is 0 Å². The number of carbonyl (C=O) groups is 3. The quantitative estimate of drug-likeness (QED) is 0.422. The van der Waals surface area contributed by atoms with E-state index in [4.69, 9.17) is 21.4 Å². The fraction of sp³-hybridized carbons (Fsp3) is 0.667. The van der Waals surface area contributed by atoms with Crippen molar-refractivity contribution in [1.29, 1.82) is 0 Å². The van der Waals surface area contributed by atoms with Gasteiger partial charge in [-0.15, -0.1) is 11.6 Å². The number of hydrogen-bond acceptors (Lipinski definition) is 4. The van der Waals surface area contributed by atoms with Crippen LogP contribution in [0.15, 0.2) is 0 Å². The highest BCUT2D eigenvalue weighted by molar-refractivity contribution is 6.41. The van der Waals surface area contributed by atoms with Crippen molar-refractivity contribution in [3.05, 3.63) is 0 Å². The number of halogens is 1. The minimum Gasteiger partial charge on any atom is -0.481 e. The molecule has 86 valence electrons. The molecule has 5 nitrogen and oxygen atoms in total. The molecule has 0 aliphatic carbocycles. The number of esters is 1. The maximum Gasteiger partial charge on any atom is 0.332 e. The predicted octanol–water partition coefficient (Wildman–Crippen LogP) is 0.979. The third-order valence-electron chi connectivity index (χ3n) is 1.71. The SMILES string of the molecule is CCC(C)OC(=O)C(Cl)C(=O)CC(=O)O. The van der Waals surface area contributed by atoms with Crippen molar-refractivity contribution in [1.82, 2.24) is 0 Å². The Balaban J connectivity index is 4.19. The lowest BCUT2D eigenvalue weighted by Gasteiger charge is -2.12. The van der Waals surface area contributed by atoms with Crippen LogP contribution < -0.4 is 0 Å². The molecule has 2 atom stereocenters. The third kappa shape index (κ3) is 5.37. The number of Topliss-reactive ketones (excluding diaryl/α,β-unsaturated/α-hetero) is 1. The molecular weight excluding hydrogens is 224 g/mol. The third-order valence-corrected chi connectivity index (χ3v) is 2.13. The Bertz CT molecular complexity index is 263. The molecule has 2 unspecified atom stereocenters. The van der Waals surface area contributed by atoms with Crippen LogP contribution in [0.5, 0.6) is 0 Å². The summed E-state index contributed by atoms with van der Waals surface area (Å²) in [5.41, 5.74) is 0. The number of aliphatic carboxylic acids is 1. The summed E-state index contributed by atoms with van der Waals surface area (Å²) in [4.78, 5) is 32.4. The van der Waals surface area contributed by atoms with Crippen LogP contribution in [0.4, 0.5) is 0 Å². The average Bonchev–Trinajstić information content (AvgIpc) is 2.15. The van der Waals surface area contributed by atoms with Gasteiger partial charge in [0, 0.05) is 0 Å². The number of ketones is 1.